The van der Waals surface area contributed by atoms with Crippen molar-refractivity contribution in [3.05, 3.63) is 17.6 Å². The molecule has 0 spiro atoms. The number of sulfonamides is 1. The lowest BCUT2D eigenvalue weighted by Gasteiger charge is -2.15. The first-order valence-electron chi connectivity index (χ1n) is 6.69. The molecule has 0 bridgehead atoms. The normalized spacial score (nSPS) is 21.1. The maximum absolute atomic E-state index is 12.5. The Morgan fingerprint density at radius 1 is 1.53 bits per heavy atom. The van der Waals surface area contributed by atoms with E-state index in [0.717, 1.165) is 19.3 Å². The highest BCUT2D eigenvalue weighted by Gasteiger charge is 2.34. The molecule has 0 aliphatic carbocycles. The Bertz CT molecular complexity index is 535. The predicted molar refractivity (Wildman–Crippen MR) is 71.1 cm³/mol. The molecule has 1 aromatic rings. The Morgan fingerprint density at radius 2 is 2.26 bits per heavy atom. The molecule has 0 amide bonds. The van der Waals surface area contributed by atoms with E-state index in [1.807, 2.05) is 0 Å². The molecule has 1 unspecified atom stereocenters. The lowest BCUT2D eigenvalue weighted by Crippen LogP contribution is -2.29. The third-order valence-corrected chi connectivity index (χ3v) is 5.62. The maximum atomic E-state index is 12.5. The van der Waals surface area contributed by atoms with Gasteiger partial charge in [0, 0.05) is 19.2 Å². The van der Waals surface area contributed by atoms with Crippen molar-refractivity contribution in [2.45, 2.75) is 44.6 Å². The van der Waals surface area contributed by atoms with Gasteiger partial charge < -0.3 is 9.52 Å². The molecule has 6 heteroatoms. The zero-order chi connectivity index (χ0) is 14.0. The topological polar surface area (TPSA) is 70.8 Å². The molecule has 1 aliphatic heterocycles. The summed E-state index contributed by atoms with van der Waals surface area (Å²) in [5.41, 5.74) is 0. The van der Waals surface area contributed by atoms with Gasteiger partial charge in [0.1, 0.15) is 23.0 Å². The molecule has 1 saturated heterocycles. The number of aliphatic hydroxyl groups excluding tert-OH is 1. The molecule has 1 atom stereocenters. The van der Waals surface area contributed by atoms with Crippen LogP contribution in [0.4, 0.5) is 0 Å². The highest BCUT2D eigenvalue weighted by molar-refractivity contribution is 7.89. The number of aliphatic hydroxyl groups is 1. The number of hydrogen-bond acceptors (Lipinski definition) is 4. The first kappa shape index (κ1) is 14.6. The van der Waals surface area contributed by atoms with Crippen molar-refractivity contribution in [1.29, 1.82) is 0 Å². The first-order valence-corrected chi connectivity index (χ1v) is 8.13. The monoisotopic (exact) mass is 287 g/mol. The number of aryl methyl sites for hydroxylation is 1. The van der Waals surface area contributed by atoms with Crippen molar-refractivity contribution in [1.82, 2.24) is 4.31 Å². The van der Waals surface area contributed by atoms with Crippen LogP contribution in [-0.4, -0.2) is 30.9 Å². The minimum absolute atomic E-state index is 0.189. The summed E-state index contributed by atoms with van der Waals surface area (Å²) in [4.78, 5) is 0.189. The first-order chi connectivity index (χ1) is 8.98. The van der Waals surface area contributed by atoms with Gasteiger partial charge in [0.2, 0.25) is 10.0 Å². The van der Waals surface area contributed by atoms with E-state index in [-0.39, 0.29) is 11.5 Å². The van der Waals surface area contributed by atoms with Crippen LogP contribution in [-0.2, 0) is 16.6 Å². The largest absolute Gasteiger partial charge is 0.462 e. The Kier molecular flexibility index (Phi) is 4.32. The van der Waals surface area contributed by atoms with Crippen molar-refractivity contribution in [2.24, 2.45) is 5.92 Å². The van der Waals surface area contributed by atoms with E-state index in [4.69, 9.17) is 9.52 Å². The van der Waals surface area contributed by atoms with E-state index < -0.39 is 10.0 Å². The van der Waals surface area contributed by atoms with Crippen molar-refractivity contribution < 1.29 is 17.9 Å². The smallest absolute Gasteiger partial charge is 0.246 e. The Morgan fingerprint density at radius 3 is 2.84 bits per heavy atom. The van der Waals surface area contributed by atoms with Crippen molar-refractivity contribution in [2.75, 3.05) is 13.1 Å². The Labute approximate surface area is 114 Å². The summed E-state index contributed by atoms with van der Waals surface area (Å²) in [7, 11) is -3.48. The molecule has 0 radical (unpaired) electrons. The lowest BCUT2D eigenvalue weighted by atomic mass is 10.0. The molecular formula is C13H21NO4S. The van der Waals surface area contributed by atoms with Gasteiger partial charge in [-0.2, -0.15) is 4.31 Å². The molecule has 2 rings (SSSR count). The van der Waals surface area contributed by atoms with Gasteiger partial charge in [-0.15, -0.1) is 0 Å². The van der Waals surface area contributed by atoms with E-state index in [2.05, 4.69) is 6.92 Å². The van der Waals surface area contributed by atoms with Crippen molar-refractivity contribution in [3.8, 4) is 0 Å². The minimum atomic E-state index is -3.48. The van der Waals surface area contributed by atoms with E-state index in [0.29, 0.717) is 30.5 Å². The van der Waals surface area contributed by atoms with Gasteiger partial charge >= 0.3 is 0 Å². The van der Waals surface area contributed by atoms with Crippen LogP contribution in [0.2, 0.25) is 0 Å². The molecule has 5 nitrogen and oxygen atoms in total. The second-order valence-electron chi connectivity index (χ2n) is 5.10. The zero-order valence-corrected chi connectivity index (χ0v) is 12.2. The predicted octanol–water partition coefficient (Wildman–Crippen LogP) is 1.89. The van der Waals surface area contributed by atoms with Crippen LogP contribution in [0.5, 0.6) is 0 Å². The third-order valence-electron chi connectivity index (χ3n) is 3.64. The van der Waals surface area contributed by atoms with E-state index in [1.54, 1.807) is 6.92 Å². The second kappa shape index (κ2) is 5.64. The lowest BCUT2D eigenvalue weighted by molar-refractivity contribution is 0.244. The second-order valence-corrected chi connectivity index (χ2v) is 7.00. The van der Waals surface area contributed by atoms with Crippen LogP contribution >= 0.6 is 0 Å². The SMILES string of the molecule is CCCC1CCN(S(=O)(=O)c2cc(CO)oc2C)C1. The zero-order valence-electron chi connectivity index (χ0n) is 11.4. The van der Waals surface area contributed by atoms with Gasteiger partial charge in [-0.3, -0.25) is 0 Å². The molecular weight excluding hydrogens is 266 g/mol. The van der Waals surface area contributed by atoms with E-state index in [1.165, 1.54) is 10.4 Å². The molecule has 1 N–H and O–H groups in total. The average molecular weight is 287 g/mol. The third kappa shape index (κ3) is 2.85. The van der Waals surface area contributed by atoms with Crippen LogP contribution in [0.25, 0.3) is 0 Å². The molecule has 1 fully saturated rings. The fourth-order valence-electron chi connectivity index (χ4n) is 2.66. The van der Waals surface area contributed by atoms with Crippen LogP contribution < -0.4 is 0 Å². The average Bonchev–Trinajstić information content (AvgIpc) is 2.96. The summed E-state index contributed by atoms with van der Waals surface area (Å²) in [6.07, 6.45) is 3.08. The summed E-state index contributed by atoms with van der Waals surface area (Å²) < 4.78 is 31.8. The fourth-order valence-corrected chi connectivity index (χ4v) is 4.37. The van der Waals surface area contributed by atoms with E-state index in [9.17, 15) is 8.42 Å². The summed E-state index contributed by atoms with van der Waals surface area (Å²) in [5.74, 6) is 1.10. The maximum Gasteiger partial charge on any atom is 0.246 e. The summed E-state index contributed by atoms with van der Waals surface area (Å²) in [6, 6.07) is 1.43. The number of hydrogen-bond donors (Lipinski definition) is 1. The molecule has 1 aromatic heterocycles. The number of nitrogens with zero attached hydrogens (tertiary/aromatic N) is 1. The van der Waals surface area contributed by atoms with Crippen LogP contribution in [0.1, 0.15) is 37.7 Å². The number of furan rings is 1. The molecule has 19 heavy (non-hydrogen) atoms. The van der Waals surface area contributed by atoms with Gasteiger partial charge in [-0.25, -0.2) is 8.42 Å². The van der Waals surface area contributed by atoms with Gasteiger partial charge in [0.05, 0.1) is 0 Å². The van der Waals surface area contributed by atoms with Gasteiger partial charge in [0.15, 0.2) is 0 Å². The van der Waals surface area contributed by atoms with Crippen LogP contribution in [0, 0.1) is 12.8 Å². The molecule has 0 saturated carbocycles. The summed E-state index contributed by atoms with van der Waals surface area (Å²) >= 11 is 0. The van der Waals surface area contributed by atoms with Gasteiger partial charge in [-0.05, 0) is 25.7 Å². The Hall–Kier alpha value is -0.850. The fraction of sp³-hybridized carbons (Fsp3) is 0.692. The molecule has 0 aromatic carbocycles. The summed E-state index contributed by atoms with van der Waals surface area (Å²) in [5, 5.41) is 9.02. The van der Waals surface area contributed by atoms with E-state index >= 15 is 0 Å². The quantitative estimate of drug-likeness (QED) is 0.897. The Balaban J connectivity index is 2.21. The van der Waals surface area contributed by atoms with Crippen LogP contribution in [0.3, 0.4) is 0 Å². The molecule has 2 heterocycles. The van der Waals surface area contributed by atoms with Crippen molar-refractivity contribution in [3.63, 3.8) is 0 Å². The summed E-state index contributed by atoms with van der Waals surface area (Å²) in [6.45, 7) is 4.62. The number of rotatable bonds is 5. The van der Waals surface area contributed by atoms with Gasteiger partial charge in [0.25, 0.3) is 0 Å². The molecule has 1 aliphatic rings. The highest BCUT2D eigenvalue weighted by Crippen LogP contribution is 2.29. The molecule has 108 valence electrons. The standard InChI is InChI=1S/C13H21NO4S/c1-3-4-11-5-6-14(8-11)19(16,17)13-7-12(9-15)18-10(13)2/h7,11,15H,3-6,8-9H2,1-2H3. The highest BCUT2D eigenvalue weighted by atomic mass is 32.2. The van der Waals surface area contributed by atoms with Gasteiger partial charge in [-0.1, -0.05) is 13.3 Å². The van der Waals surface area contributed by atoms with Crippen molar-refractivity contribution >= 4 is 10.0 Å². The minimum Gasteiger partial charge on any atom is -0.462 e. The van der Waals surface area contributed by atoms with Crippen LogP contribution in [0.15, 0.2) is 15.4 Å².